The van der Waals surface area contributed by atoms with Crippen molar-refractivity contribution < 1.29 is 0 Å². The zero-order valence-electron chi connectivity index (χ0n) is 8.21. The van der Waals surface area contributed by atoms with Crippen LogP contribution in [0.25, 0.3) is 16.6 Å². The lowest BCUT2D eigenvalue weighted by molar-refractivity contribution is 0.930. The average Bonchev–Trinajstić information content (AvgIpc) is 2.83. The van der Waals surface area contributed by atoms with Crippen LogP contribution in [0.15, 0.2) is 43.0 Å². The zero-order valence-corrected chi connectivity index (χ0v) is 8.96. The van der Waals surface area contributed by atoms with Crippen molar-refractivity contribution in [3.05, 3.63) is 48.1 Å². The predicted octanol–water partition coefficient (Wildman–Crippen LogP) is 2.47. The number of imidazole rings is 1. The predicted molar refractivity (Wildman–Crippen MR) is 61.7 cm³/mol. The first kappa shape index (κ1) is 9.30. The van der Waals surface area contributed by atoms with Gasteiger partial charge in [-0.25, -0.2) is 4.98 Å². The smallest absolute Gasteiger partial charge is 0.168 e. The Labute approximate surface area is 96.5 Å². The van der Waals surface area contributed by atoms with Crippen LogP contribution in [0.5, 0.6) is 0 Å². The van der Waals surface area contributed by atoms with E-state index in [4.69, 9.17) is 11.6 Å². The maximum Gasteiger partial charge on any atom is 0.168 e. The van der Waals surface area contributed by atoms with Crippen molar-refractivity contribution in [3.63, 3.8) is 0 Å². The minimum Gasteiger partial charge on any atom is -0.289 e. The van der Waals surface area contributed by atoms with E-state index in [9.17, 15) is 0 Å². The largest absolute Gasteiger partial charge is 0.289 e. The summed E-state index contributed by atoms with van der Waals surface area (Å²) in [4.78, 5) is 3.99. The van der Waals surface area contributed by atoms with E-state index in [0.717, 1.165) is 16.6 Å². The van der Waals surface area contributed by atoms with E-state index >= 15 is 0 Å². The number of nitrogens with zero attached hydrogens (tertiary/aromatic N) is 4. The molecule has 0 bridgehead atoms. The van der Waals surface area contributed by atoms with E-state index < -0.39 is 0 Å². The molecule has 0 radical (unpaired) electrons. The van der Waals surface area contributed by atoms with Crippen LogP contribution < -0.4 is 0 Å². The Hall–Kier alpha value is -1.94. The first-order valence-electron chi connectivity index (χ1n) is 4.75. The number of fused-ring (bicyclic) bond motifs is 1. The fourth-order valence-electron chi connectivity index (χ4n) is 1.63. The highest BCUT2D eigenvalue weighted by Crippen LogP contribution is 2.24. The molecule has 2 aromatic heterocycles. The Balaban J connectivity index is 2.39. The fourth-order valence-corrected chi connectivity index (χ4v) is 1.83. The molecule has 0 N–H and O–H groups in total. The van der Waals surface area contributed by atoms with Crippen LogP contribution in [-0.2, 0) is 0 Å². The van der Waals surface area contributed by atoms with E-state index in [1.165, 1.54) is 0 Å². The summed E-state index contributed by atoms with van der Waals surface area (Å²) in [5.74, 6) is 0.734. The summed E-state index contributed by atoms with van der Waals surface area (Å²) >= 11 is 5.99. The first-order chi connectivity index (χ1) is 7.86. The van der Waals surface area contributed by atoms with Crippen molar-refractivity contribution in [1.82, 2.24) is 19.7 Å². The molecule has 4 nitrogen and oxygen atoms in total. The van der Waals surface area contributed by atoms with Gasteiger partial charge in [0.05, 0.1) is 0 Å². The Bertz CT molecular complexity index is 634. The minimum absolute atomic E-state index is 0.416. The molecule has 0 aliphatic heterocycles. The van der Waals surface area contributed by atoms with Gasteiger partial charge in [-0.15, -0.1) is 10.2 Å². The van der Waals surface area contributed by atoms with E-state index in [-0.39, 0.29) is 0 Å². The highest BCUT2D eigenvalue weighted by molar-refractivity contribution is 6.34. The Morgan fingerprint density at radius 1 is 1.06 bits per heavy atom. The molecule has 5 heteroatoms. The van der Waals surface area contributed by atoms with Crippen LogP contribution in [0, 0.1) is 0 Å². The molecule has 0 fully saturated rings. The number of hydrogen-bond donors (Lipinski definition) is 0. The molecule has 0 amide bonds. The molecule has 1 aromatic carbocycles. The van der Waals surface area contributed by atoms with Crippen LogP contribution in [0.2, 0.25) is 5.15 Å². The van der Waals surface area contributed by atoms with Gasteiger partial charge in [-0.1, -0.05) is 35.9 Å². The van der Waals surface area contributed by atoms with E-state index in [0.29, 0.717) is 5.15 Å². The molecule has 0 atom stereocenters. The molecule has 0 saturated heterocycles. The van der Waals surface area contributed by atoms with Gasteiger partial charge in [0.2, 0.25) is 0 Å². The van der Waals surface area contributed by atoms with Gasteiger partial charge in [-0.05, 0) is 0 Å². The summed E-state index contributed by atoms with van der Waals surface area (Å²) in [7, 11) is 0. The Morgan fingerprint density at radius 2 is 1.88 bits per heavy atom. The van der Waals surface area contributed by atoms with Crippen molar-refractivity contribution in [2.75, 3.05) is 0 Å². The van der Waals surface area contributed by atoms with Crippen molar-refractivity contribution >= 4 is 22.4 Å². The molecule has 78 valence electrons. The standard InChI is InChI=1S/C11H7ClN4/c12-10-8-3-1-2-4-9(8)11(15-14-10)16-6-5-13-7-16/h1-7H. The maximum absolute atomic E-state index is 5.99. The molecule has 0 aliphatic rings. The first-order valence-corrected chi connectivity index (χ1v) is 5.13. The number of aromatic nitrogens is 4. The van der Waals surface area contributed by atoms with Crippen molar-refractivity contribution in [2.24, 2.45) is 0 Å². The van der Waals surface area contributed by atoms with Crippen LogP contribution in [0.4, 0.5) is 0 Å². The van der Waals surface area contributed by atoms with Crippen molar-refractivity contribution in [3.8, 4) is 5.82 Å². The summed E-state index contributed by atoms with van der Waals surface area (Å²) in [5.41, 5.74) is 0. The van der Waals surface area contributed by atoms with Crippen LogP contribution in [0.1, 0.15) is 0 Å². The number of halogens is 1. The third kappa shape index (κ3) is 1.35. The molecule has 2 heterocycles. The fraction of sp³-hybridized carbons (Fsp3) is 0. The van der Waals surface area contributed by atoms with Gasteiger partial charge < -0.3 is 0 Å². The number of benzene rings is 1. The quantitative estimate of drug-likeness (QED) is 0.645. The molecule has 0 spiro atoms. The zero-order chi connectivity index (χ0) is 11.0. The van der Waals surface area contributed by atoms with Crippen LogP contribution in [-0.4, -0.2) is 19.7 Å². The SMILES string of the molecule is Clc1nnc(-n2ccnc2)c2ccccc12. The molecular formula is C11H7ClN4. The molecule has 0 saturated carbocycles. The topological polar surface area (TPSA) is 43.6 Å². The summed E-state index contributed by atoms with van der Waals surface area (Å²) < 4.78 is 1.81. The highest BCUT2D eigenvalue weighted by atomic mass is 35.5. The van der Waals surface area contributed by atoms with Gasteiger partial charge in [0.25, 0.3) is 0 Å². The lowest BCUT2D eigenvalue weighted by Crippen LogP contribution is -1.98. The van der Waals surface area contributed by atoms with E-state index in [1.807, 2.05) is 35.0 Å². The second kappa shape index (κ2) is 3.57. The van der Waals surface area contributed by atoms with Gasteiger partial charge >= 0.3 is 0 Å². The van der Waals surface area contributed by atoms with E-state index in [1.54, 1.807) is 12.5 Å². The highest BCUT2D eigenvalue weighted by Gasteiger charge is 2.07. The van der Waals surface area contributed by atoms with Gasteiger partial charge in [0.15, 0.2) is 11.0 Å². The van der Waals surface area contributed by atoms with Crippen LogP contribution >= 0.6 is 11.6 Å². The van der Waals surface area contributed by atoms with Crippen LogP contribution in [0.3, 0.4) is 0 Å². The van der Waals surface area contributed by atoms with Crippen molar-refractivity contribution in [1.29, 1.82) is 0 Å². The molecule has 3 rings (SSSR count). The number of rotatable bonds is 1. The van der Waals surface area contributed by atoms with Gasteiger partial charge in [-0.2, -0.15) is 0 Å². The van der Waals surface area contributed by atoms with Gasteiger partial charge in [-0.3, -0.25) is 4.57 Å². The normalized spacial score (nSPS) is 10.8. The molecule has 0 aliphatic carbocycles. The average molecular weight is 231 g/mol. The monoisotopic (exact) mass is 230 g/mol. The number of hydrogen-bond acceptors (Lipinski definition) is 3. The second-order valence-electron chi connectivity index (χ2n) is 3.33. The third-order valence-corrected chi connectivity index (χ3v) is 2.65. The molecule has 3 aromatic rings. The minimum atomic E-state index is 0.416. The van der Waals surface area contributed by atoms with Crippen molar-refractivity contribution in [2.45, 2.75) is 0 Å². The second-order valence-corrected chi connectivity index (χ2v) is 3.69. The third-order valence-electron chi connectivity index (χ3n) is 2.37. The molecule has 16 heavy (non-hydrogen) atoms. The summed E-state index contributed by atoms with van der Waals surface area (Å²) in [5, 5.41) is 10.3. The summed E-state index contributed by atoms with van der Waals surface area (Å²) in [6.07, 6.45) is 5.21. The lowest BCUT2D eigenvalue weighted by Gasteiger charge is -2.05. The van der Waals surface area contributed by atoms with Gasteiger partial charge in [0, 0.05) is 23.2 Å². The summed E-state index contributed by atoms with van der Waals surface area (Å²) in [6, 6.07) is 7.76. The Kier molecular flexibility index (Phi) is 2.08. The molecule has 0 unspecified atom stereocenters. The van der Waals surface area contributed by atoms with E-state index in [2.05, 4.69) is 15.2 Å². The maximum atomic E-state index is 5.99. The molecular weight excluding hydrogens is 224 g/mol. The lowest BCUT2D eigenvalue weighted by atomic mass is 10.2. The summed E-state index contributed by atoms with van der Waals surface area (Å²) in [6.45, 7) is 0. The Morgan fingerprint density at radius 3 is 2.62 bits per heavy atom. The van der Waals surface area contributed by atoms with Gasteiger partial charge in [0.1, 0.15) is 6.33 Å².